The van der Waals surface area contributed by atoms with Gasteiger partial charge in [0.1, 0.15) is 10.6 Å². The van der Waals surface area contributed by atoms with Crippen molar-refractivity contribution in [2.24, 2.45) is 0 Å². The van der Waals surface area contributed by atoms with Gasteiger partial charge in [-0.15, -0.1) is 11.6 Å². The van der Waals surface area contributed by atoms with Crippen molar-refractivity contribution in [2.45, 2.75) is 47.5 Å². The number of allylic oxidation sites excluding steroid dienone is 1. The minimum Gasteiger partial charge on any atom is -0.370 e. The fourth-order valence-electron chi connectivity index (χ4n) is 3.02. The van der Waals surface area contributed by atoms with Crippen molar-refractivity contribution in [3.63, 3.8) is 0 Å². The number of alkyl halides is 7. The first-order chi connectivity index (χ1) is 13.4. The Kier molecular flexibility index (Phi) is 6.82. The number of ketones is 1. The van der Waals surface area contributed by atoms with Crippen molar-refractivity contribution in [1.82, 2.24) is 4.31 Å². The fraction of sp³-hybridized carbons (Fsp3) is 0.562. The number of likely N-dealkylation sites (N-methyl/N-ethyl adjacent to an activating group) is 1. The predicted octanol–water partition coefficient (Wildman–Crippen LogP) is 3.43. The molecule has 0 aromatic rings. The maximum atomic E-state index is 13.0. The zero-order valence-corrected chi connectivity index (χ0v) is 17.3. The Morgan fingerprint density at radius 3 is 2.13 bits per heavy atom. The van der Waals surface area contributed by atoms with Gasteiger partial charge in [-0.2, -0.15) is 30.6 Å². The largest absolute Gasteiger partial charge is 0.430 e. The lowest BCUT2D eigenvalue weighted by Crippen LogP contribution is -2.58. The molecule has 0 bridgehead atoms. The van der Waals surface area contributed by atoms with Gasteiger partial charge in [0, 0.05) is 24.5 Å². The number of sulfonamides is 1. The smallest absolute Gasteiger partial charge is 0.370 e. The fourth-order valence-corrected chi connectivity index (χ4v) is 5.61. The van der Waals surface area contributed by atoms with Gasteiger partial charge in [-0.25, -0.2) is 8.42 Å². The standard InChI is InChI=1S/C16H15Cl2F6NO4S/c1-25(30(28,29)12-7-9(17)6-11(26)13(12)18)10-4-2-8(3-5-10)14(27,15(19,20)21)16(22,23)24/h2-4,7,10,12-13,27H,5-6H2,1H3. The SMILES string of the molecule is CN(C1C=CC(C(O)(C(F)(F)F)C(F)(F)F)=CC1)S(=O)(=O)C1C=C(Cl)CC(=O)C1Cl. The van der Waals surface area contributed by atoms with Crippen LogP contribution >= 0.6 is 23.2 Å². The molecule has 3 atom stereocenters. The molecule has 0 radical (unpaired) electrons. The minimum absolute atomic E-state index is 0.0549. The Hall–Kier alpha value is -1.08. The van der Waals surface area contributed by atoms with Gasteiger partial charge < -0.3 is 5.11 Å². The molecule has 0 saturated carbocycles. The Labute approximate surface area is 177 Å². The molecule has 5 nitrogen and oxygen atoms in total. The number of Topliss-reactive ketones (excluding diaryl/α,β-unsaturated/α-hetero) is 1. The third-order valence-electron chi connectivity index (χ3n) is 4.81. The van der Waals surface area contributed by atoms with E-state index in [9.17, 15) is 44.7 Å². The second kappa shape index (κ2) is 8.12. The van der Waals surface area contributed by atoms with Crippen molar-refractivity contribution in [3.05, 3.63) is 34.9 Å². The highest BCUT2D eigenvalue weighted by molar-refractivity contribution is 7.90. The molecule has 0 spiro atoms. The van der Waals surface area contributed by atoms with Crippen LogP contribution in [0.3, 0.4) is 0 Å². The number of hydrogen-bond acceptors (Lipinski definition) is 4. The molecule has 0 aromatic heterocycles. The maximum absolute atomic E-state index is 13.0. The minimum atomic E-state index is -6.05. The molecule has 14 heteroatoms. The molecule has 30 heavy (non-hydrogen) atoms. The van der Waals surface area contributed by atoms with Crippen LogP contribution in [0.15, 0.2) is 34.9 Å². The van der Waals surface area contributed by atoms with Crippen LogP contribution in [0, 0.1) is 0 Å². The zero-order chi connectivity index (χ0) is 23.3. The number of carbonyl (C=O) groups excluding carboxylic acids is 1. The summed E-state index contributed by atoms with van der Waals surface area (Å²) < 4.78 is 104. The first kappa shape index (κ1) is 25.2. The quantitative estimate of drug-likeness (QED) is 0.473. The highest BCUT2D eigenvalue weighted by atomic mass is 35.5. The van der Waals surface area contributed by atoms with Crippen LogP contribution in [0.5, 0.6) is 0 Å². The summed E-state index contributed by atoms with van der Waals surface area (Å²) in [4.78, 5) is 11.8. The molecule has 0 amide bonds. The summed E-state index contributed by atoms with van der Waals surface area (Å²) in [5.41, 5.74) is -6.58. The number of nitrogens with zero attached hydrogens (tertiary/aromatic N) is 1. The van der Waals surface area contributed by atoms with E-state index in [2.05, 4.69) is 0 Å². The molecule has 2 aliphatic carbocycles. The number of aliphatic hydroxyl groups is 1. The highest BCUT2D eigenvalue weighted by Gasteiger charge is 2.72. The van der Waals surface area contributed by atoms with E-state index in [1.807, 2.05) is 0 Å². The van der Waals surface area contributed by atoms with Gasteiger partial charge in [0.2, 0.25) is 10.0 Å². The van der Waals surface area contributed by atoms with E-state index in [1.54, 1.807) is 0 Å². The number of carbonyl (C=O) groups is 1. The monoisotopic (exact) mass is 501 g/mol. The zero-order valence-electron chi connectivity index (χ0n) is 15.0. The van der Waals surface area contributed by atoms with Gasteiger partial charge >= 0.3 is 12.4 Å². The molecule has 170 valence electrons. The first-order valence-corrected chi connectivity index (χ1v) is 10.5. The van der Waals surface area contributed by atoms with E-state index >= 15 is 0 Å². The topological polar surface area (TPSA) is 74.7 Å². The molecule has 0 heterocycles. The van der Waals surface area contributed by atoms with Gasteiger partial charge in [0.05, 0.1) is 0 Å². The summed E-state index contributed by atoms with van der Waals surface area (Å²) in [6.45, 7) is 0. The molecule has 1 N–H and O–H groups in total. The molecular formula is C16H15Cl2F6NO4S. The average Bonchev–Trinajstić information content (AvgIpc) is 2.61. The Balaban J connectivity index is 2.31. The molecule has 0 saturated heterocycles. The summed E-state index contributed by atoms with van der Waals surface area (Å²) >= 11 is 11.6. The van der Waals surface area contributed by atoms with E-state index in [-0.39, 0.29) is 11.5 Å². The van der Waals surface area contributed by atoms with Crippen molar-refractivity contribution < 1.29 is 44.7 Å². The maximum Gasteiger partial charge on any atom is 0.430 e. The lowest BCUT2D eigenvalue weighted by atomic mass is 9.87. The first-order valence-electron chi connectivity index (χ1n) is 8.19. The third-order valence-corrected chi connectivity index (χ3v) is 7.91. The lowest BCUT2D eigenvalue weighted by Gasteiger charge is -2.36. The van der Waals surface area contributed by atoms with Crippen LogP contribution in [0.4, 0.5) is 26.3 Å². The lowest BCUT2D eigenvalue weighted by molar-refractivity contribution is -0.351. The predicted molar refractivity (Wildman–Crippen MR) is 96.4 cm³/mol. The normalized spacial score (nSPS) is 26.6. The van der Waals surface area contributed by atoms with Gasteiger partial charge in [-0.1, -0.05) is 29.8 Å². The van der Waals surface area contributed by atoms with E-state index < -0.39 is 62.4 Å². The van der Waals surface area contributed by atoms with E-state index in [0.29, 0.717) is 16.5 Å². The van der Waals surface area contributed by atoms with Crippen molar-refractivity contribution >= 4 is 39.0 Å². The molecule has 2 rings (SSSR count). The Morgan fingerprint density at radius 1 is 1.17 bits per heavy atom. The van der Waals surface area contributed by atoms with Crippen LogP contribution < -0.4 is 0 Å². The Bertz CT molecular complexity index is 896. The molecule has 0 aliphatic heterocycles. The Morgan fingerprint density at radius 2 is 1.70 bits per heavy atom. The van der Waals surface area contributed by atoms with Crippen LogP contribution in [0.1, 0.15) is 12.8 Å². The molecule has 3 unspecified atom stereocenters. The highest BCUT2D eigenvalue weighted by Crippen LogP contribution is 2.48. The number of rotatable bonds is 4. The summed E-state index contributed by atoms with van der Waals surface area (Å²) in [5, 5.41) is 6.34. The van der Waals surface area contributed by atoms with E-state index in [1.165, 1.54) is 0 Å². The van der Waals surface area contributed by atoms with Crippen LogP contribution in [-0.4, -0.2) is 65.3 Å². The summed E-state index contributed by atoms with van der Waals surface area (Å²) in [5.74, 6) is -0.645. The molecule has 0 aromatic carbocycles. The van der Waals surface area contributed by atoms with Gasteiger partial charge in [0.25, 0.3) is 5.60 Å². The van der Waals surface area contributed by atoms with Crippen molar-refractivity contribution in [1.29, 1.82) is 0 Å². The number of halogens is 8. The summed E-state index contributed by atoms with van der Waals surface area (Å²) in [6.07, 6.45) is -10.3. The molecule has 2 aliphatic rings. The van der Waals surface area contributed by atoms with Gasteiger partial charge in [-0.05, 0) is 18.1 Å². The van der Waals surface area contributed by atoms with Crippen molar-refractivity contribution in [2.75, 3.05) is 7.05 Å². The average molecular weight is 502 g/mol. The van der Waals surface area contributed by atoms with Gasteiger partial charge in [-0.3, -0.25) is 4.79 Å². The van der Waals surface area contributed by atoms with E-state index in [4.69, 9.17) is 23.2 Å². The third kappa shape index (κ3) is 4.29. The van der Waals surface area contributed by atoms with Gasteiger partial charge in [0.15, 0.2) is 5.78 Å². The van der Waals surface area contributed by atoms with Crippen molar-refractivity contribution in [3.8, 4) is 0 Å². The van der Waals surface area contributed by atoms with Crippen LogP contribution in [0.2, 0.25) is 0 Å². The van der Waals surface area contributed by atoms with Crippen LogP contribution in [0.25, 0.3) is 0 Å². The molecular weight excluding hydrogens is 487 g/mol. The second-order valence-corrected chi connectivity index (χ2v) is 9.82. The summed E-state index contributed by atoms with van der Waals surface area (Å²) in [7, 11) is -3.32. The summed E-state index contributed by atoms with van der Waals surface area (Å²) in [6, 6.07) is -1.18. The van der Waals surface area contributed by atoms with Crippen LogP contribution in [-0.2, 0) is 14.8 Å². The van der Waals surface area contributed by atoms with E-state index in [0.717, 1.165) is 19.2 Å². The number of hydrogen-bond donors (Lipinski definition) is 1. The molecule has 0 fully saturated rings. The second-order valence-electron chi connectivity index (χ2n) is 6.71.